The van der Waals surface area contributed by atoms with Crippen LogP contribution in [-0.4, -0.2) is 26.2 Å². The molecule has 0 spiro atoms. The van der Waals surface area contributed by atoms with E-state index in [2.05, 4.69) is 78.4 Å². The van der Waals surface area contributed by atoms with E-state index in [-0.39, 0.29) is 17.3 Å². The van der Waals surface area contributed by atoms with Gasteiger partial charge in [0, 0.05) is 37.6 Å². The highest BCUT2D eigenvalue weighted by molar-refractivity contribution is 5.93. The van der Waals surface area contributed by atoms with E-state index in [0.29, 0.717) is 11.1 Å². The average molecular weight is 791 g/mol. The summed E-state index contributed by atoms with van der Waals surface area (Å²) >= 11 is 0. The Kier molecular flexibility index (Phi) is 27.9. The van der Waals surface area contributed by atoms with Gasteiger partial charge in [-0.2, -0.15) is 0 Å². The molecule has 1 saturated carbocycles. The van der Waals surface area contributed by atoms with Crippen molar-refractivity contribution in [2.75, 3.05) is 36.0 Å². The Morgan fingerprint density at radius 1 is 0.552 bits per heavy atom. The standard InChI is InChI=1S/C52H82N6/c1-8-12-16-20-24-30-36-57(37-31-25-21-17-13-9-2)49-41-46(52(48(43-54)56-7)51(47(42-53)55-6)45-34-28-29-35-45)50(40-44(49)5)58(38-32-26-22-18-14-10-3)39-33-27-23-19-15-11-4/h40-41,45H,8-39H2,1-5H3/b51-47+,52-48-. The first kappa shape index (κ1) is 50.4. The Labute approximate surface area is 357 Å². The quantitative estimate of drug-likeness (QED) is 0.0308. The van der Waals surface area contributed by atoms with Crippen LogP contribution in [0.15, 0.2) is 29.1 Å². The number of rotatable bonds is 33. The van der Waals surface area contributed by atoms with Gasteiger partial charge in [-0.1, -0.05) is 169 Å². The number of aryl methyl sites for hydroxylation is 1. The first-order valence-corrected chi connectivity index (χ1v) is 24.1. The number of allylic oxidation sites excluding steroid dienone is 4. The molecule has 0 saturated heterocycles. The van der Waals surface area contributed by atoms with Crippen molar-refractivity contribution in [2.24, 2.45) is 5.92 Å². The Hall–Kier alpha value is -3.74. The highest BCUT2D eigenvalue weighted by atomic mass is 15.1. The van der Waals surface area contributed by atoms with E-state index in [4.69, 9.17) is 13.1 Å². The SMILES string of the molecule is [C-]#[N+]/C(C#N)=C(\C(=C(/C#N)[N+]#[C-])C1CCCC1)c1cc(N(CCCCCCCC)CCCCCCCC)c(C)cc1N(CCCCCCCC)CCCCCCCC. The molecule has 1 aromatic rings. The van der Waals surface area contributed by atoms with Crippen molar-refractivity contribution in [3.63, 3.8) is 0 Å². The molecule has 0 amide bonds. The van der Waals surface area contributed by atoms with E-state index in [0.717, 1.165) is 88.8 Å². The molecule has 320 valence electrons. The number of nitriles is 2. The molecule has 6 nitrogen and oxygen atoms in total. The maximum absolute atomic E-state index is 10.7. The van der Waals surface area contributed by atoms with Gasteiger partial charge in [0.2, 0.25) is 0 Å². The number of nitrogens with zero attached hydrogens (tertiary/aromatic N) is 6. The lowest BCUT2D eigenvalue weighted by Gasteiger charge is -2.33. The zero-order valence-corrected chi connectivity index (χ0v) is 38.0. The van der Waals surface area contributed by atoms with Crippen LogP contribution in [0.5, 0.6) is 0 Å². The number of unbranched alkanes of at least 4 members (excludes halogenated alkanes) is 20. The van der Waals surface area contributed by atoms with Crippen molar-refractivity contribution in [1.29, 1.82) is 10.5 Å². The molecule has 0 bridgehead atoms. The summed E-state index contributed by atoms with van der Waals surface area (Å²) in [5.41, 5.74) is 5.56. The summed E-state index contributed by atoms with van der Waals surface area (Å²) in [5, 5.41) is 21.2. The monoisotopic (exact) mass is 791 g/mol. The van der Waals surface area contributed by atoms with Crippen molar-refractivity contribution < 1.29 is 0 Å². The van der Waals surface area contributed by atoms with E-state index in [1.807, 2.05) is 0 Å². The molecule has 2 rings (SSSR count). The normalized spacial score (nSPS) is 13.6. The Morgan fingerprint density at radius 2 is 0.914 bits per heavy atom. The average Bonchev–Trinajstić information content (AvgIpc) is 3.78. The molecular formula is C52H82N6. The maximum atomic E-state index is 10.7. The van der Waals surface area contributed by atoms with Crippen LogP contribution in [0.25, 0.3) is 15.3 Å². The molecule has 0 atom stereocenters. The molecular weight excluding hydrogens is 709 g/mol. The van der Waals surface area contributed by atoms with Gasteiger partial charge in [0.05, 0.1) is 25.3 Å². The smallest absolute Gasteiger partial charge is 0.268 e. The lowest BCUT2D eigenvalue weighted by atomic mass is 9.83. The first-order valence-electron chi connectivity index (χ1n) is 24.1. The van der Waals surface area contributed by atoms with Crippen molar-refractivity contribution in [3.05, 3.63) is 63.1 Å². The van der Waals surface area contributed by atoms with Crippen LogP contribution in [0.4, 0.5) is 11.4 Å². The summed E-state index contributed by atoms with van der Waals surface area (Å²) in [5.74, 6) is -0.0191. The second-order valence-corrected chi connectivity index (χ2v) is 17.1. The molecule has 0 aliphatic heterocycles. The fraction of sp³-hybridized carbons (Fsp3) is 0.731. The second-order valence-electron chi connectivity index (χ2n) is 17.1. The van der Waals surface area contributed by atoms with Crippen LogP contribution in [0, 0.1) is 48.6 Å². The van der Waals surface area contributed by atoms with Crippen LogP contribution in [0.3, 0.4) is 0 Å². The molecule has 0 aromatic heterocycles. The largest absolute Gasteiger partial charge is 0.371 e. The number of hydrogen-bond donors (Lipinski definition) is 0. The van der Waals surface area contributed by atoms with Gasteiger partial charge in [-0.3, -0.25) is 0 Å². The third-order valence-electron chi connectivity index (χ3n) is 12.4. The van der Waals surface area contributed by atoms with Gasteiger partial charge >= 0.3 is 0 Å². The van der Waals surface area contributed by atoms with Gasteiger partial charge in [0.25, 0.3) is 11.4 Å². The van der Waals surface area contributed by atoms with E-state index >= 15 is 0 Å². The van der Waals surface area contributed by atoms with Gasteiger partial charge in [-0.05, 0) is 85.8 Å². The summed E-state index contributed by atoms with van der Waals surface area (Å²) in [6, 6.07) is 9.19. The molecule has 1 aromatic carbocycles. The molecule has 1 fully saturated rings. The van der Waals surface area contributed by atoms with E-state index in [1.165, 1.54) is 140 Å². The zero-order valence-electron chi connectivity index (χ0n) is 38.0. The molecule has 6 heteroatoms. The third kappa shape index (κ3) is 18.0. The minimum Gasteiger partial charge on any atom is -0.371 e. The van der Waals surface area contributed by atoms with E-state index < -0.39 is 0 Å². The molecule has 1 aliphatic rings. The number of anilines is 2. The molecule has 0 N–H and O–H groups in total. The topological polar surface area (TPSA) is 62.8 Å². The summed E-state index contributed by atoms with van der Waals surface area (Å²) < 4.78 is 0. The highest BCUT2D eigenvalue weighted by Gasteiger charge is 2.31. The van der Waals surface area contributed by atoms with E-state index in [9.17, 15) is 10.5 Å². The van der Waals surface area contributed by atoms with Crippen LogP contribution in [-0.2, 0) is 0 Å². The van der Waals surface area contributed by atoms with Crippen LogP contribution in [0.1, 0.15) is 219 Å². The van der Waals surface area contributed by atoms with Gasteiger partial charge < -0.3 is 9.80 Å². The minimum atomic E-state index is -0.0191. The third-order valence-corrected chi connectivity index (χ3v) is 12.4. The molecule has 0 unspecified atom stereocenters. The Bertz CT molecular complexity index is 1450. The van der Waals surface area contributed by atoms with Crippen molar-refractivity contribution in [1.82, 2.24) is 0 Å². The molecule has 0 heterocycles. The summed E-state index contributed by atoms with van der Waals surface area (Å²) in [6.45, 7) is 31.6. The second kappa shape index (κ2) is 32.2. The van der Waals surface area contributed by atoms with Crippen molar-refractivity contribution in [3.8, 4) is 12.1 Å². The summed E-state index contributed by atoms with van der Waals surface area (Å²) in [6.07, 6.45) is 33.3. The van der Waals surface area contributed by atoms with Crippen LogP contribution >= 0.6 is 0 Å². The number of hydrogen-bond acceptors (Lipinski definition) is 4. The predicted molar refractivity (Wildman–Crippen MR) is 249 cm³/mol. The van der Waals surface area contributed by atoms with Crippen molar-refractivity contribution >= 4 is 16.9 Å². The van der Waals surface area contributed by atoms with Crippen LogP contribution < -0.4 is 9.80 Å². The number of benzene rings is 1. The lowest BCUT2D eigenvalue weighted by molar-refractivity contribution is 0.573. The first-order chi connectivity index (χ1) is 28.4. The summed E-state index contributed by atoms with van der Waals surface area (Å²) in [7, 11) is 0. The minimum absolute atomic E-state index is 0.00633. The summed E-state index contributed by atoms with van der Waals surface area (Å²) in [4.78, 5) is 12.8. The maximum Gasteiger partial charge on any atom is 0.268 e. The Morgan fingerprint density at radius 3 is 1.28 bits per heavy atom. The van der Waals surface area contributed by atoms with Gasteiger partial charge in [-0.25, -0.2) is 20.2 Å². The van der Waals surface area contributed by atoms with E-state index in [1.54, 1.807) is 0 Å². The zero-order chi connectivity index (χ0) is 42.2. The van der Waals surface area contributed by atoms with Crippen molar-refractivity contribution in [2.45, 2.75) is 214 Å². The van der Waals surface area contributed by atoms with Crippen LogP contribution in [0.2, 0.25) is 0 Å². The predicted octanol–water partition coefficient (Wildman–Crippen LogP) is 16.1. The Balaban J connectivity index is 2.86. The van der Waals surface area contributed by atoms with Gasteiger partial charge in [-0.15, -0.1) is 0 Å². The molecule has 0 radical (unpaired) electrons. The van der Waals surface area contributed by atoms with Gasteiger partial charge in [0.1, 0.15) is 0 Å². The molecule has 1 aliphatic carbocycles. The highest BCUT2D eigenvalue weighted by Crippen LogP contribution is 2.46. The fourth-order valence-electron chi connectivity index (χ4n) is 8.93. The fourth-order valence-corrected chi connectivity index (χ4v) is 8.93. The van der Waals surface area contributed by atoms with Gasteiger partial charge in [0.15, 0.2) is 0 Å². The lowest BCUT2D eigenvalue weighted by Crippen LogP contribution is -2.29. The molecule has 58 heavy (non-hydrogen) atoms.